The van der Waals surface area contributed by atoms with E-state index in [-0.39, 0.29) is 5.52 Å². The van der Waals surface area contributed by atoms with Crippen LogP contribution in [0.25, 0.3) is 21.9 Å². The summed E-state index contributed by atoms with van der Waals surface area (Å²) in [7, 11) is 4.54. The molecule has 2 aromatic carbocycles. The number of aromatic amines is 1. The van der Waals surface area contributed by atoms with Crippen LogP contribution in [-0.4, -0.2) is 42.2 Å². The van der Waals surface area contributed by atoms with Crippen LogP contribution in [0.4, 0.5) is 4.39 Å². The van der Waals surface area contributed by atoms with E-state index in [1.165, 1.54) is 46.0 Å². The number of nitrogens with zero attached hydrogens (tertiary/aromatic N) is 3. The Morgan fingerprint density at radius 3 is 2.48 bits per heavy atom. The van der Waals surface area contributed by atoms with Gasteiger partial charge < -0.3 is 19.2 Å². The molecule has 1 N–H and O–H groups in total. The molecule has 2 heterocycles. The van der Waals surface area contributed by atoms with Gasteiger partial charge in [-0.3, -0.25) is 4.79 Å². The third-order valence-corrected chi connectivity index (χ3v) is 4.47. The molecule has 0 aliphatic heterocycles. The van der Waals surface area contributed by atoms with Crippen molar-refractivity contribution in [1.29, 1.82) is 0 Å². The molecule has 4 aromatic rings. The number of fused-ring (bicyclic) bond motifs is 3. The molecule has 0 saturated heterocycles. The molecule has 0 atom stereocenters. The van der Waals surface area contributed by atoms with Gasteiger partial charge in [0, 0.05) is 16.5 Å². The maximum Gasteiger partial charge on any atom is 0.298 e. The molecule has 9 heteroatoms. The molecular weight excluding hydrogens is 379 g/mol. The van der Waals surface area contributed by atoms with Gasteiger partial charge in [-0.2, -0.15) is 9.78 Å². The first-order chi connectivity index (χ1) is 14.0. The van der Waals surface area contributed by atoms with Crippen LogP contribution < -0.4 is 19.8 Å². The minimum Gasteiger partial charge on any atom is -0.493 e. The van der Waals surface area contributed by atoms with Crippen LogP contribution in [0.1, 0.15) is 5.56 Å². The molecule has 0 amide bonds. The van der Waals surface area contributed by atoms with Crippen molar-refractivity contribution in [3.63, 3.8) is 0 Å². The van der Waals surface area contributed by atoms with E-state index < -0.39 is 11.4 Å². The van der Waals surface area contributed by atoms with Gasteiger partial charge in [0.2, 0.25) is 5.75 Å². The maximum atomic E-state index is 13.5. The number of H-pyrrole nitrogens is 1. The molecule has 2 aromatic heterocycles. The average Bonchev–Trinajstić information content (AvgIpc) is 3.11. The molecule has 0 fully saturated rings. The summed E-state index contributed by atoms with van der Waals surface area (Å²) in [5.41, 5.74) is 1.48. The molecule has 0 spiro atoms. The Bertz CT molecular complexity index is 1280. The molecule has 4 rings (SSSR count). The Morgan fingerprint density at radius 2 is 1.83 bits per heavy atom. The van der Waals surface area contributed by atoms with Crippen LogP contribution in [0.15, 0.2) is 46.6 Å². The van der Waals surface area contributed by atoms with E-state index in [1.807, 2.05) is 0 Å². The van der Waals surface area contributed by atoms with E-state index in [2.05, 4.69) is 15.1 Å². The smallest absolute Gasteiger partial charge is 0.298 e. The number of hydrogen-bond acceptors (Lipinski definition) is 6. The molecular formula is C20H17FN4O4. The largest absolute Gasteiger partial charge is 0.493 e. The first-order valence-electron chi connectivity index (χ1n) is 8.58. The fourth-order valence-corrected chi connectivity index (χ4v) is 3.11. The van der Waals surface area contributed by atoms with Crippen molar-refractivity contribution >= 4 is 28.2 Å². The zero-order valence-corrected chi connectivity index (χ0v) is 15.9. The van der Waals surface area contributed by atoms with E-state index in [0.717, 1.165) is 4.68 Å². The van der Waals surface area contributed by atoms with Crippen LogP contribution in [0, 0.1) is 5.82 Å². The number of methoxy groups -OCH3 is 3. The van der Waals surface area contributed by atoms with Gasteiger partial charge in [-0.05, 0) is 30.3 Å². The minimum absolute atomic E-state index is 0.246. The Kier molecular flexibility index (Phi) is 4.63. The summed E-state index contributed by atoms with van der Waals surface area (Å²) in [5, 5.41) is 4.73. The highest BCUT2D eigenvalue weighted by molar-refractivity contribution is 6.04. The summed E-state index contributed by atoms with van der Waals surface area (Å²) in [6.45, 7) is 0. The molecule has 0 unspecified atom stereocenters. The van der Waals surface area contributed by atoms with Crippen molar-refractivity contribution in [3.05, 3.63) is 58.4 Å². The quantitative estimate of drug-likeness (QED) is 0.524. The molecule has 0 aliphatic rings. The van der Waals surface area contributed by atoms with E-state index in [1.54, 1.807) is 18.2 Å². The summed E-state index contributed by atoms with van der Waals surface area (Å²) in [5.74, 6) is 0.987. The van der Waals surface area contributed by atoms with Crippen LogP contribution in [0.2, 0.25) is 0 Å². The molecule has 148 valence electrons. The molecule has 0 saturated carbocycles. The number of hydrogen-bond donors (Lipinski definition) is 1. The van der Waals surface area contributed by atoms with Gasteiger partial charge >= 0.3 is 0 Å². The molecule has 0 bridgehead atoms. The standard InChI is InChI=1S/C20H17FN4O4/c1-27-15-6-11(7-16(28-2)19(15)29-3)9-23-25-10-22-17-13-8-12(21)4-5-14(13)24-18(17)20(25)26/h4-10,24H,1-3H3. The summed E-state index contributed by atoms with van der Waals surface area (Å²) in [6.07, 6.45) is 2.76. The minimum atomic E-state index is -0.407. The second-order valence-electron chi connectivity index (χ2n) is 6.14. The average molecular weight is 396 g/mol. The van der Waals surface area contributed by atoms with Crippen molar-refractivity contribution in [2.75, 3.05) is 21.3 Å². The van der Waals surface area contributed by atoms with Crippen molar-refractivity contribution in [2.45, 2.75) is 0 Å². The van der Waals surface area contributed by atoms with Crippen LogP contribution in [0.3, 0.4) is 0 Å². The highest BCUT2D eigenvalue weighted by atomic mass is 19.1. The normalized spacial score (nSPS) is 11.4. The maximum absolute atomic E-state index is 13.5. The molecule has 0 radical (unpaired) electrons. The zero-order valence-electron chi connectivity index (χ0n) is 15.9. The topological polar surface area (TPSA) is 90.7 Å². The van der Waals surface area contributed by atoms with Crippen LogP contribution >= 0.6 is 0 Å². The van der Waals surface area contributed by atoms with E-state index in [0.29, 0.717) is 39.2 Å². The summed E-state index contributed by atoms with van der Waals surface area (Å²) >= 11 is 0. The van der Waals surface area contributed by atoms with Crippen molar-refractivity contribution in [3.8, 4) is 17.2 Å². The second kappa shape index (κ2) is 7.27. The summed E-state index contributed by atoms with van der Waals surface area (Å²) in [6, 6.07) is 7.62. The van der Waals surface area contributed by atoms with E-state index in [9.17, 15) is 9.18 Å². The van der Waals surface area contributed by atoms with Crippen molar-refractivity contribution in [1.82, 2.24) is 14.6 Å². The number of halogens is 1. The van der Waals surface area contributed by atoms with Gasteiger partial charge in [-0.1, -0.05) is 0 Å². The Labute approximate surface area is 164 Å². The van der Waals surface area contributed by atoms with Gasteiger partial charge in [0.15, 0.2) is 11.5 Å². The van der Waals surface area contributed by atoms with Gasteiger partial charge in [-0.15, -0.1) is 0 Å². The lowest BCUT2D eigenvalue weighted by atomic mass is 10.2. The number of ether oxygens (including phenoxy) is 3. The predicted octanol–water partition coefficient (Wildman–Crippen LogP) is 2.92. The molecule has 8 nitrogen and oxygen atoms in total. The highest BCUT2D eigenvalue weighted by Crippen LogP contribution is 2.37. The zero-order chi connectivity index (χ0) is 20.5. The van der Waals surface area contributed by atoms with Gasteiger partial charge in [-0.25, -0.2) is 9.37 Å². The lowest BCUT2D eigenvalue weighted by Gasteiger charge is -2.12. The van der Waals surface area contributed by atoms with Crippen molar-refractivity contribution < 1.29 is 18.6 Å². The number of rotatable bonds is 5. The third-order valence-electron chi connectivity index (χ3n) is 4.47. The lowest BCUT2D eigenvalue weighted by molar-refractivity contribution is 0.324. The summed E-state index contributed by atoms with van der Waals surface area (Å²) < 4.78 is 30.5. The molecule has 0 aliphatic carbocycles. The Balaban J connectivity index is 1.78. The molecule has 29 heavy (non-hydrogen) atoms. The lowest BCUT2D eigenvalue weighted by Crippen LogP contribution is -2.17. The van der Waals surface area contributed by atoms with Crippen LogP contribution in [-0.2, 0) is 0 Å². The second-order valence-corrected chi connectivity index (χ2v) is 6.14. The SMILES string of the molecule is COc1cc(C=Nn2cnc3c([nH]c4ccc(F)cc43)c2=O)cc(OC)c1OC. The van der Waals surface area contributed by atoms with Gasteiger partial charge in [0.05, 0.1) is 27.5 Å². The number of aromatic nitrogens is 3. The predicted molar refractivity (Wildman–Crippen MR) is 107 cm³/mol. The highest BCUT2D eigenvalue weighted by Gasteiger charge is 2.13. The number of nitrogens with one attached hydrogen (secondary N) is 1. The van der Waals surface area contributed by atoms with Gasteiger partial charge in [0.25, 0.3) is 5.56 Å². The van der Waals surface area contributed by atoms with Gasteiger partial charge in [0.1, 0.15) is 23.2 Å². The van der Waals surface area contributed by atoms with E-state index >= 15 is 0 Å². The Morgan fingerprint density at radius 1 is 1.10 bits per heavy atom. The fraction of sp³-hybridized carbons (Fsp3) is 0.150. The fourth-order valence-electron chi connectivity index (χ4n) is 3.11. The van der Waals surface area contributed by atoms with Crippen molar-refractivity contribution in [2.24, 2.45) is 5.10 Å². The first kappa shape index (κ1) is 18.5. The Hall–Kier alpha value is -3.88. The third kappa shape index (κ3) is 3.16. The van der Waals surface area contributed by atoms with E-state index in [4.69, 9.17) is 14.2 Å². The van der Waals surface area contributed by atoms with Crippen LogP contribution in [0.5, 0.6) is 17.2 Å². The number of benzene rings is 2. The first-order valence-corrected chi connectivity index (χ1v) is 8.58. The summed E-state index contributed by atoms with van der Waals surface area (Å²) in [4.78, 5) is 20.0. The monoisotopic (exact) mass is 396 g/mol.